The molecule has 14 nitrogen and oxygen atoms in total. The maximum Gasteiger partial charge on any atom is 0.417 e. The van der Waals surface area contributed by atoms with Gasteiger partial charge in [-0.3, -0.25) is 9.59 Å². The maximum atomic E-state index is 14.6. The average molecular weight is 1100 g/mol. The summed E-state index contributed by atoms with van der Waals surface area (Å²) >= 11 is 0. The van der Waals surface area contributed by atoms with E-state index in [1.165, 1.54) is 9.80 Å². The molecule has 2 heterocycles. The van der Waals surface area contributed by atoms with Crippen LogP contribution in [0.5, 0.6) is 0 Å². The molecule has 4 aromatic carbocycles. The second kappa shape index (κ2) is 31.1. The van der Waals surface area contributed by atoms with Crippen molar-refractivity contribution >= 4 is 24.0 Å². The van der Waals surface area contributed by atoms with Crippen molar-refractivity contribution in [3.8, 4) is 0 Å². The second-order valence-corrected chi connectivity index (χ2v) is 22.5. The summed E-state index contributed by atoms with van der Waals surface area (Å²) in [5, 5.41) is 0. The van der Waals surface area contributed by atoms with E-state index < -0.39 is 71.7 Å². The molecule has 0 bridgehead atoms. The van der Waals surface area contributed by atoms with Crippen LogP contribution in [-0.2, 0) is 73.9 Å². The molecule has 4 amide bonds. The third-order valence-corrected chi connectivity index (χ3v) is 14.8. The number of hydrogen-bond acceptors (Lipinski definition) is 12. The van der Waals surface area contributed by atoms with Gasteiger partial charge in [-0.25, -0.2) is 19.4 Å². The minimum Gasteiger partial charge on any atom is -0.447 e. The van der Waals surface area contributed by atoms with Gasteiger partial charge in [0.05, 0.1) is 62.9 Å². The number of imide groups is 2. The molecule has 0 N–H and O–H groups in total. The van der Waals surface area contributed by atoms with Crippen LogP contribution in [0.1, 0.15) is 116 Å². The fourth-order valence-corrected chi connectivity index (χ4v) is 9.80. The lowest BCUT2D eigenvalue weighted by Gasteiger charge is -2.40. The highest BCUT2D eigenvalue weighted by atomic mass is 16.6. The van der Waals surface area contributed by atoms with Crippen LogP contribution >= 0.6 is 0 Å². The quantitative estimate of drug-likeness (QED) is 0.0410. The van der Waals surface area contributed by atoms with Gasteiger partial charge in [0, 0.05) is 12.8 Å². The molecule has 0 radical (unpaired) electrons. The SMILES string of the molecule is C=C(C)C[C@@H](O[C@H](COCc1ccccc1)[C@@](C)(CC/C=C/CC[C@@](C)(OCc1ccccc1)[C@@H](COCc1ccccc1)O[C@H](CC(=C)C)C(=O)N1C(=O)OC[C@@H]1C(C)C)OCc1ccccc1)C(=O)N1C(=O)OC[C@@H]1C(C)C. The Morgan fingerprint density at radius 2 is 0.863 bits per heavy atom. The van der Waals surface area contributed by atoms with Gasteiger partial charge in [0.25, 0.3) is 11.8 Å². The molecule has 14 heteroatoms. The van der Waals surface area contributed by atoms with E-state index in [0.29, 0.717) is 50.0 Å². The standard InChI is InChI=1S/C66H86N2O12/c1-47(2)37-57(61(69)67-55(49(5)6)43-75-63(67)71)79-59(45-73-39-51-27-17-13-18-28-51)65(9,77-41-53-31-21-15-22-32-53)35-25-11-12-26-36-66(10,78-42-54-33-23-16-24-34-54)60(46-74-40-52-29-19-14-20-30-52)80-58(38-48(3)4)62(70)68-56(50(7)8)44-76-64(68)72/h11-24,27-34,49-50,55-60H,1,3,25-26,35-46H2,2,4-10H3/b12-11+/t55-,56-,57-,58-,59-,60-,65-,66-/m1/s1. The predicted octanol–water partition coefficient (Wildman–Crippen LogP) is 12.9. The van der Waals surface area contributed by atoms with Crippen molar-refractivity contribution < 1.29 is 57.1 Å². The molecule has 2 aliphatic rings. The Morgan fingerprint density at radius 1 is 0.550 bits per heavy atom. The molecule has 2 fully saturated rings. The van der Waals surface area contributed by atoms with Crippen molar-refractivity contribution in [2.75, 3.05) is 26.4 Å². The van der Waals surface area contributed by atoms with E-state index >= 15 is 0 Å². The Bertz CT molecular complexity index is 2430. The number of benzene rings is 4. The molecule has 0 saturated carbocycles. The molecule has 0 aliphatic carbocycles. The average Bonchev–Trinajstić information content (AvgIpc) is 4.07. The molecule has 0 unspecified atom stereocenters. The number of carbonyl (C=O) groups is 4. The number of cyclic esters (lactones) is 2. The van der Waals surface area contributed by atoms with Crippen molar-refractivity contribution in [2.24, 2.45) is 11.8 Å². The lowest BCUT2D eigenvalue weighted by Crippen LogP contribution is -2.53. The summed E-state index contributed by atoms with van der Waals surface area (Å²) < 4.78 is 51.6. The molecular weight excluding hydrogens is 1010 g/mol. The molecule has 2 saturated heterocycles. The lowest BCUT2D eigenvalue weighted by atomic mass is 9.90. The fourth-order valence-electron chi connectivity index (χ4n) is 9.80. The minimum atomic E-state index is -1.09. The number of carbonyl (C=O) groups excluding carboxylic acids is 4. The van der Waals surface area contributed by atoms with Crippen molar-refractivity contribution in [3.05, 3.63) is 180 Å². The van der Waals surface area contributed by atoms with Crippen molar-refractivity contribution in [1.82, 2.24) is 9.80 Å². The van der Waals surface area contributed by atoms with Crippen LogP contribution in [0.25, 0.3) is 0 Å². The number of allylic oxidation sites excluding steroid dienone is 2. The number of nitrogens with zero attached hydrogens (tertiary/aromatic N) is 2. The fraction of sp³-hybridized carbons (Fsp3) is 0.485. The molecule has 2 aliphatic heterocycles. The van der Waals surface area contributed by atoms with Crippen LogP contribution in [0.4, 0.5) is 9.59 Å². The van der Waals surface area contributed by atoms with E-state index in [2.05, 4.69) is 25.3 Å². The molecule has 0 aromatic heterocycles. The smallest absolute Gasteiger partial charge is 0.417 e. The van der Waals surface area contributed by atoms with Crippen molar-refractivity contribution in [3.63, 3.8) is 0 Å². The highest BCUT2D eigenvalue weighted by Crippen LogP contribution is 2.34. The van der Waals surface area contributed by atoms with Gasteiger partial charge in [-0.05, 0) is 87.5 Å². The Hall–Kier alpha value is -6.26. The minimum absolute atomic E-state index is 0.0468. The molecule has 80 heavy (non-hydrogen) atoms. The summed E-state index contributed by atoms with van der Waals surface area (Å²) in [6.45, 7) is 25.2. The Labute approximate surface area is 475 Å². The van der Waals surface area contributed by atoms with E-state index in [1.54, 1.807) is 0 Å². The lowest BCUT2D eigenvalue weighted by molar-refractivity contribution is -0.192. The topological polar surface area (TPSA) is 149 Å². The number of amides is 4. The first-order valence-electron chi connectivity index (χ1n) is 28.2. The van der Waals surface area contributed by atoms with Crippen LogP contribution in [0.2, 0.25) is 0 Å². The summed E-state index contributed by atoms with van der Waals surface area (Å²) in [5.74, 6) is -1.08. The Balaban J connectivity index is 1.29. The summed E-state index contributed by atoms with van der Waals surface area (Å²) in [5.41, 5.74) is 3.19. The highest BCUT2D eigenvalue weighted by Gasteiger charge is 2.47. The number of hydrogen-bond donors (Lipinski definition) is 0. The normalized spacial score (nSPS) is 18.6. The van der Waals surface area contributed by atoms with Crippen LogP contribution < -0.4 is 0 Å². The molecular formula is C66H86N2O12. The molecule has 6 rings (SSSR count). The highest BCUT2D eigenvalue weighted by molar-refractivity contribution is 5.97. The summed E-state index contributed by atoms with van der Waals surface area (Å²) in [6, 6.07) is 38.5. The zero-order chi connectivity index (χ0) is 57.7. The van der Waals surface area contributed by atoms with Gasteiger partial charge < -0.3 is 37.9 Å². The second-order valence-electron chi connectivity index (χ2n) is 22.5. The maximum absolute atomic E-state index is 14.6. The molecule has 0 spiro atoms. The van der Waals surface area contributed by atoms with Crippen LogP contribution in [0, 0.1) is 11.8 Å². The van der Waals surface area contributed by atoms with Gasteiger partial charge in [0.2, 0.25) is 0 Å². The van der Waals surface area contributed by atoms with Gasteiger partial charge in [-0.1, -0.05) is 172 Å². The summed E-state index contributed by atoms with van der Waals surface area (Å²) in [6.07, 6.45) is 1.34. The first-order chi connectivity index (χ1) is 38.4. The number of rotatable bonds is 34. The predicted molar refractivity (Wildman–Crippen MR) is 309 cm³/mol. The monoisotopic (exact) mass is 1100 g/mol. The van der Waals surface area contributed by atoms with E-state index in [0.717, 1.165) is 22.3 Å². The van der Waals surface area contributed by atoms with E-state index in [4.69, 9.17) is 37.9 Å². The van der Waals surface area contributed by atoms with Crippen LogP contribution in [0.3, 0.4) is 0 Å². The van der Waals surface area contributed by atoms with Gasteiger partial charge in [-0.2, -0.15) is 0 Å². The summed E-state index contributed by atoms with van der Waals surface area (Å²) in [7, 11) is 0. The zero-order valence-electron chi connectivity index (χ0n) is 48.4. The van der Waals surface area contributed by atoms with Crippen molar-refractivity contribution in [2.45, 2.75) is 168 Å². The first-order valence-corrected chi connectivity index (χ1v) is 28.2. The van der Waals surface area contributed by atoms with Gasteiger partial charge >= 0.3 is 12.2 Å². The van der Waals surface area contributed by atoms with Gasteiger partial charge in [0.15, 0.2) is 0 Å². The zero-order valence-corrected chi connectivity index (χ0v) is 48.4. The van der Waals surface area contributed by atoms with Crippen LogP contribution in [0.15, 0.2) is 158 Å². The number of ether oxygens (including phenoxy) is 8. The third kappa shape index (κ3) is 18.7. The van der Waals surface area contributed by atoms with Gasteiger partial charge in [-0.15, -0.1) is 13.2 Å². The Morgan fingerprint density at radius 3 is 1.16 bits per heavy atom. The molecule has 432 valence electrons. The van der Waals surface area contributed by atoms with E-state index in [1.807, 2.05) is 177 Å². The van der Waals surface area contributed by atoms with Crippen molar-refractivity contribution in [1.29, 1.82) is 0 Å². The van der Waals surface area contributed by atoms with Gasteiger partial charge in [0.1, 0.15) is 37.6 Å². The first kappa shape index (κ1) is 62.9. The summed E-state index contributed by atoms with van der Waals surface area (Å²) in [4.78, 5) is 58.1. The molecule has 8 atom stereocenters. The third-order valence-electron chi connectivity index (χ3n) is 14.8. The van der Waals surface area contributed by atoms with Crippen LogP contribution in [-0.4, -0.2) is 108 Å². The van der Waals surface area contributed by atoms with E-state index in [-0.39, 0.29) is 64.3 Å². The Kier molecular flexibility index (Phi) is 24.5. The van der Waals surface area contributed by atoms with E-state index in [9.17, 15) is 19.2 Å². The molecule has 4 aromatic rings. The largest absolute Gasteiger partial charge is 0.447 e.